The molecule has 3 nitrogen and oxygen atoms in total. The molecule has 4 heteroatoms. The summed E-state index contributed by atoms with van der Waals surface area (Å²) >= 11 is 1.36. The van der Waals surface area contributed by atoms with E-state index < -0.39 is 0 Å². The maximum absolute atomic E-state index is 10.6. The Morgan fingerprint density at radius 1 is 1.43 bits per heavy atom. The molecule has 2 N–H and O–H groups in total. The van der Waals surface area contributed by atoms with Crippen LogP contribution in [0.4, 0.5) is 5.00 Å². The van der Waals surface area contributed by atoms with E-state index in [0.717, 1.165) is 16.4 Å². The van der Waals surface area contributed by atoms with Crippen molar-refractivity contribution in [1.29, 1.82) is 5.26 Å². The minimum absolute atomic E-state index is 0.506. The van der Waals surface area contributed by atoms with Gasteiger partial charge in [-0.15, -0.1) is 11.3 Å². The van der Waals surface area contributed by atoms with E-state index >= 15 is 0 Å². The second-order valence-corrected chi connectivity index (χ2v) is 3.95. The number of benzene rings is 1. The van der Waals surface area contributed by atoms with Crippen LogP contribution in [-0.4, -0.2) is 6.29 Å². The van der Waals surface area contributed by atoms with Crippen molar-refractivity contribution in [3.63, 3.8) is 0 Å². The van der Waals surface area contributed by atoms with Gasteiger partial charge in [-0.2, -0.15) is 5.26 Å². The molecule has 0 aliphatic heterocycles. The zero-order chi connectivity index (χ0) is 10.1. The van der Waals surface area contributed by atoms with Gasteiger partial charge in [0, 0.05) is 5.56 Å². The second kappa shape index (κ2) is 3.13. The Labute approximate surface area is 84.4 Å². The van der Waals surface area contributed by atoms with Gasteiger partial charge in [-0.3, -0.25) is 4.79 Å². The summed E-state index contributed by atoms with van der Waals surface area (Å²) in [5.74, 6) is 0. The molecule has 1 aromatic carbocycles. The molecule has 1 heterocycles. The Kier molecular flexibility index (Phi) is 1.95. The van der Waals surface area contributed by atoms with Crippen LogP contribution < -0.4 is 5.73 Å². The van der Waals surface area contributed by atoms with Crippen molar-refractivity contribution in [2.75, 3.05) is 5.73 Å². The first-order chi connectivity index (χ1) is 6.74. The highest BCUT2D eigenvalue weighted by atomic mass is 32.1. The van der Waals surface area contributed by atoms with E-state index in [1.54, 1.807) is 18.2 Å². The number of carbonyl (C=O) groups is 1. The number of anilines is 1. The Balaban J connectivity index is 2.87. The third-order valence-electron chi connectivity index (χ3n) is 1.91. The van der Waals surface area contributed by atoms with Crippen molar-refractivity contribution >= 4 is 32.7 Å². The molecule has 0 aliphatic rings. The number of rotatable bonds is 1. The lowest BCUT2D eigenvalue weighted by atomic mass is 10.1. The zero-order valence-electron chi connectivity index (χ0n) is 7.15. The van der Waals surface area contributed by atoms with Crippen molar-refractivity contribution in [3.8, 4) is 6.07 Å². The Hall–Kier alpha value is -1.86. The topological polar surface area (TPSA) is 66.9 Å². The van der Waals surface area contributed by atoms with Crippen LogP contribution in [0.5, 0.6) is 0 Å². The fourth-order valence-corrected chi connectivity index (χ4v) is 2.22. The molecule has 0 radical (unpaired) electrons. The van der Waals surface area contributed by atoms with Gasteiger partial charge in [0.15, 0.2) is 0 Å². The summed E-state index contributed by atoms with van der Waals surface area (Å²) in [7, 11) is 0. The third-order valence-corrected chi connectivity index (χ3v) is 2.93. The molecule has 68 valence electrons. The number of aldehydes is 1. The number of hydrogen-bond acceptors (Lipinski definition) is 4. The molecule has 0 bridgehead atoms. The number of hydrogen-bond donors (Lipinski definition) is 1. The number of nitrogens with two attached hydrogens (primary N) is 1. The molecule has 14 heavy (non-hydrogen) atoms. The van der Waals surface area contributed by atoms with Crippen LogP contribution in [0.2, 0.25) is 0 Å². The largest absolute Gasteiger partial charge is 0.391 e. The molecule has 2 aromatic rings. The SMILES string of the molecule is N#Cc1cc(C=O)cc2cc(N)sc12. The quantitative estimate of drug-likeness (QED) is 0.720. The average Bonchev–Trinajstić information content (AvgIpc) is 2.56. The molecular weight excluding hydrogens is 196 g/mol. The van der Waals surface area contributed by atoms with E-state index in [-0.39, 0.29) is 0 Å². The fraction of sp³-hybridized carbons (Fsp3) is 0. The minimum Gasteiger partial charge on any atom is -0.391 e. The average molecular weight is 202 g/mol. The molecule has 0 atom stereocenters. The first kappa shape index (κ1) is 8.73. The lowest BCUT2D eigenvalue weighted by Gasteiger charge is -1.94. The van der Waals surface area contributed by atoms with E-state index in [9.17, 15) is 4.79 Å². The monoisotopic (exact) mass is 202 g/mol. The molecule has 0 fully saturated rings. The first-order valence-corrected chi connectivity index (χ1v) is 4.74. The predicted molar refractivity (Wildman–Crippen MR) is 56.3 cm³/mol. The highest BCUT2D eigenvalue weighted by molar-refractivity contribution is 7.22. The van der Waals surface area contributed by atoms with Crippen LogP contribution in [0, 0.1) is 11.3 Å². The molecule has 2 rings (SSSR count). The summed E-state index contributed by atoms with van der Waals surface area (Å²) in [5, 5.41) is 10.4. The van der Waals surface area contributed by atoms with Crippen LogP contribution >= 0.6 is 11.3 Å². The number of nitriles is 1. The molecule has 0 saturated heterocycles. The van der Waals surface area contributed by atoms with Crippen molar-refractivity contribution in [2.45, 2.75) is 0 Å². The van der Waals surface area contributed by atoms with Crippen LogP contribution in [0.1, 0.15) is 15.9 Å². The molecule has 1 aromatic heterocycles. The van der Waals surface area contributed by atoms with Gasteiger partial charge in [0.25, 0.3) is 0 Å². The van der Waals surface area contributed by atoms with Crippen molar-refractivity contribution in [1.82, 2.24) is 0 Å². The van der Waals surface area contributed by atoms with Crippen LogP contribution in [0.25, 0.3) is 10.1 Å². The molecule has 0 saturated carbocycles. The van der Waals surface area contributed by atoms with Gasteiger partial charge in [-0.25, -0.2) is 0 Å². The summed E-state index contributed by atoms with van der Waals surface area (Å²) in [5.41, 5.74) is 6.64. The fourth-order valence-electron chi connectivity index (χ4n) is 1.35. The van der Waals surface area contributed by atoms with Crippen molar-refractivity contribution in [2.24, 2.45) is 0 Å². The van der Waals surface area contributed by atoms with Crippen LogP contribution in [-0.2, 0) is 0 Å². The molecule has 0 unspecified atom stereocenters. The zero-order valence-corrected chi connectivity index (χ0v) is 7.97. The summed E-state index contributed by atoms with van der Waals surface area (Å²) in [4.78, 5) is 10.6. The lowest BCUT2D eigenvalue weighted by molar-refractivity contribution is 0.112. The number of nitrogen functional groups attached to an aromatic ring is 1. The highest BCUT2D eigenvalue weighted by Crippen LogP contribution is 2.30. The van der Waals surface area contributed by atoms with E-state index in [4.69, 9.17) is 11.0 Å². The second-order valence-electron chi connectivity index (χ2n) is 2.87. The van der Waals surface area contributed by atoms with Crippen molar-refractivity contribution < 1.29 is 4.79 Å². The first-order valence-electron chi connectivity index (χ1n) is 3.93. The highest BCUT2D eigenvalue weighted by Gasteiger charge is 2.06. The minimum atomic E-state index is 0.506. The Bertz CT molecular complexity index is 551. The number of fused-ring (bicyclic) bond motifs is 1. The molecule has 0 aliphatic carbocycles. The van der Waals surface area contributed by atoms with Crippen LogP contribution in [0.15, 0.2) is 18.2 Å². The predicted octanol–water partition coefficient (Wildman–Crippen LogP) is 2.17. The lowest BCUT2D eigenvalue weighted by Crippen LogP contribution is -1.82. The van der Waals surface area contributed by atoms with Gasteiger partial charge in [-0.05, 0) is 23.6 Å². The van der Waals surface area contributed by atoms with E-state index in [1.807, 2.05) is 0 Å². The van der Waals surface area contributed by atoms with E-state index in [1.165, 1.54) is 11.3 Å². The Morgan fingerprint density at radius 2 is 2.21 bits per heavy atom. The summed E-state index contributed by atoms with van der Waals surface area (Å²) in [6.45, 7) is 0. The summed E-state index contributed by atoms with van der Waals surface area (Å²) in [6, 6.07) is 7.13. The van der Waals surface area contributed by atoms with Crippen LogP contribution in [0.3, 0.4) is 0 Å². The maximum atomic E-state index is 10.6. The number of carbonyl (C=O) groups excluding carboxylic acids is 1. The van der Waals surface area contributed by atoms with Gasteiger partial charge in [0.05, 0.1) is 15.3 Å². The van der Waals surface area contributed by atoms with Gasteiger partial charge in [0.2, 0.25) is 0 Å². The number of nitrogens with zero attached hydrogens (tertiary/aromatic N) is 1. The van der Waals surface area contributed by atoms with E-state index in [0.29, 0.717) is 16.1 Å². The molecule has 0 spiro atoms. The standard InChI is InChI=1S/C10H6N2OS/c11-4-8-2-6(5-13)1-7-3-9(12)14-10(7)8/h1-3,5H,12H2. The Morgan fingerprint density at radius 3 is 2.86 bits per heavy atom. The van der Waals surface area contributed by atoms with Gasteiger partial charge >= 0.3 is 0 Å². The van der Waals surface area contributed by atoms with Gasteiger partial charge in [-0.1, -0.05) is 0 Å². The third kappa shape index (κ3) is 1.24. The summed E-state index contributed by atoms with van der Waals surface area (Å²) < 4.78 is 0.843. The molecular formula is C10H6N2OS. The smallest absolute Gasteiger partial charge is 0.150 e. The number of thiophene rings is 1. The van der Waals surface area contributed by atoms with E-state index in [2.05, 4.69) is 6.07 Å². The normalized spacial score (nSPS) is 9.93. The van der Waals surface area contributed by atoms with Gasteiger partial charge in [0.1, 0.15) is 12.4 Å². The van der Waals surface area contributed by atoms with Gasteiger partial charge < -0.3 is 5.73 Å². The van der Waals surface area contributed by atoms with Crippen molar-refractivity contribution in [3.05, 3.63) is 29.3 Å². The maximum Gasteiger partial charge on any atom is 0.150 e. The molecule has 0 amide bonds. The summed E-state index contributed by atoms with van der Waals surface area (Å²) in [6.07, 6.45) is 0.730.